The molecule has 0 aromatic heterocycles. The van der Waals surface area contributed by atoms with Gasteiger partial charge in [-0.15, -0.1) is 0 Å². The first-order chi connectivity index (χ1) is 8.81. The lowest BCUT2D eigenvalue weighted by molar-refractivity contribution is -0.139. The predicted molar refractivity (Wildman–Crippen MR) is 73.9 cm³/mol. The lowest BCUT2D eigenvalue weighted by Crippen LogP contribution is -2.35. The lowest BCUT2D eigenvalue weighted by Gasteiger charge is -2.30. The molecule has 1 rings (SSSR count). The van der Waals surface area contributed by atoms with Crippen molar-refractivity contribution in [3.8, 4) is 0 Å². The van der Waals surface area contributed by atoms with Crippen LogP contribution in [0.2, 0.25) is 5.02 Å². The van der Waals surface area contributed by atoms with Gasteiger partial charge in [0.15, 0.2) is 0 Å². The quantitative estimate of drug-likeness (QED) is 0.869. The second-order valence-corrected chi connectivity index (χ2v) is 5.47. The van der Waals surface area contributed by atoms with Crippen LogP contribution in [0.25, 0.3) is 0 Å². The Bertz CT molecular complexity index is 451. The fourth-order valence-corrected chi connectivity index (χ4v) is 2.36. The van der Waals surface area contributed by atoms with Gasteiger partial charge in [-0.1, -0.05) is 31.5 Å². The highest BCUT2D eigenvalue weighted by Gasteiger charge is 2.21. The molecule has 0 radical (unpaired) electrons. The van der Waals surface area contributed by atoms with Crippen LogP contribution < -0.4 is 0 Å². The van der Waals surface area contributed by atoms with Crippen LogP contribution in [-0.2, 0) is 4.79 Å². The number of benzene rings is 1. The third-order valence-electron chi connectivity index (χ3n) is 2.90. The number of carboxylic acids is 1. The van der Waals surface area contributed by atoms with E-state index >= 15 is 0 Å². The van der Waals surface area contributed by atoms with Gasteiger partial charge in [0.05, 0.1) is 6.54 Å². The van der Waals surface area contributed by atoms with Gasteiger partial charge < -0.3 is 5.11 Å². The molecule has 0 spiro atoms. The number of rotatable bonds is 6. The van der Waals surface area contributed by atoms with Gasteiger partial charge in [0.1, 0.15) is 5.82 Å². The monoisotopic (exact) mass is 287 g/mol. The van der Waals surface area contributed by atoms with E-state index in [-0.39, 0.29) is 12.6 Å². The standard InChI is InChI=1S/C14H19ClFNO2/c1-9(2)7-17(8-14(18)19)10(3)12-5-4-11(16)6-13(12)15/h4-6,9-10H,7-8H2,1-3H3,(H,18,19). The molecule has 5 heteroatoms. The first-order valence-corrected chi connectivity index (χ1v) is 6.59. The van der Waals surface area contributed by atoms with Crippen molar-refractivity contribution >= 4 is 17.6 Å². The van der Waals surface area contributed by atoms with E-state index in [1.807, 2.05) is 25.7 Å². The van der Waals surface area contributed by atoms with Gasteiger partial charge in [-0.2, -0.15) is 0 Å². The largest absolute Gasteiger partial charge is 0.480 e. The number of hydrogen-bond donors (Lipinski definition) is 1. The van der Waals surface area contributed by atoms with Gasteiger partial charge in [0.2, 0.25) is 0 Å². The minimum Gasteiger partial charge on any atom is -0.480 e. The molecule has 0 saturated carbocycles. The Morgan fingerprint density at radius 2 is 2.05 bits per heavy atom. The highest BCUT2D eigenvalue weighted by Crippen LogP contribution is 2.28. The summed E-state index contributed by atoms with van der Waals surface area (Å²) in [5.74, 6) is -0.943. The third kappa shape index (κ3) is 4.80. The van der Waals surface area contributed by atoms with Crippen LogP contribution in [0.1, 0.15) is 32.4 Å². The Labute approximate surface area is 118 Å². The Morgan fingerprint density at radius 3 is 2.53 bits per heavy atom. The van der Waals surface area contributed by atoms with Gasteiger partial charge in [-0.3, -0.25) is 9.69 Å². The maximum absolute atomic E-state index is 13.0. The summed E-state index contributed by atoms with van der Waals surface area (Å²) in [4.78, 5) is 12.8. The summed E-state index contributed by atoms with van der Waals surface area (Å²) in [6, 6.07) is 4.03. The van der Waals surface area contributed by atoms with Crippen molar-refractivity contribution in [2.75, 3.05) is 13.1 Å². The van der Waals surface area contributed by atoms with Crippen molar-refractivity contribution in [1.29, 1.82) is 0 Å². The number of aliphatic carboxylic acids is 1. The molecule has 0 amide bonds. The van der Waals surface area contributed by atoms with Crippen molar-refractivity contribution < 1.29 is 14.3 Å². The second kappa shape index (κ2) is 6.87. The Balaban J connectivity index is 2.96. The summed E-state index contributed by atoms with van der Waals surface area (Å²) in [5.41, 5.74) is 0.741. The SMILES string of the molecule is CC(C)CN(CC(=O)O)C(C)c1ccc(F)cc1Cl. The normalized spacial score (nSPS) is 13.0. The van der Waals surface area contributed by atoms with E-state index in [2.05, 4.69) is 0 Å². The molecular formula is C14H19ClFNO2. The minimum absolute atomic E-state index is 0.0624. The zero-order valence-electron chi connectivity index (χ0n) is 11.4. The van der Waals surface area contributed by atoms with Gasteiger partial charge >= 0.3 is 5.97 Å². The number of halogens is 2. The summed E-state index contributed by atoms with van der Waals surface area (Å²) in [7, 11) is 0. The molecule has 0 aliphatic heterocycles. The molecule has 3 nitrogen and oxygen atoms in total. The molecule has 19 heavy (non-hydrogen) atoms. The van der Waals surface area contributed by atoms with Gasteiger partial charge in [-0.05, 0) is 30.5 Å². The molecule has 0 aliphatic carbocycles. The molecule has 1 N–H and O–H groups in total. The Hall–Kier alpha value is -1.13. The molecule has 0 heterocycles. The average Bonchev–Trinajstić information content (AvgIpc) is 2.26. The number of carbonyl (C=O) groups is 1. The highest BCUT2D eigenvalue weighted by molar-refractivity contribution is 6.31. The molecule has 0 bridgehead atoms. The van der Waals surface area contributed by atoms with Crippen LogP contribution in [0.3, 0.4) is 0 Å². The van der Waals surface area contributed by atoms with Crippen LogP contribution in [0, 0.1) is 11.7 Å². The van der Waals surface area contributed by atoms with Gasteiger partial charge in [-0.25, -0.2) is 4.39 Å². The number of nitrogens with zero attached hydrogens (tertiary/aromatic N) is 1. The van der Waals surface area contributed by atoms with E-state index in [1.54, 1.807) is 6.07 Å². The summed E-state index contributed by atoms with van der Waals surface area (Å²) in [6.45, 7) is 6.50. The van der Waals surface area contributed by atoms with Gasteiger partial charge in [0.25, 0.3) is 0 Å². The fraction of sp³-hybridized carbons (Fsp3) is 0.500. The Kier molecular flexibility index (Phi) is 5.76. The van der Waals surface area contributed by atoms with Crippen LogP contribution in [0.5, 0.6) is 0 Å². The van der Waals surface area contributed by atoms with E-state index < -0.39 is 11.8 Å². The van der Waals surface area contributed by atoms with Crippen molar-refractivity contribution in [3.05, 3.63) is 34.6 Å². The molecular weight excluding hydrogens is 269 g/mol. The molecule has 1 aromatic carbocycles. The zero-order chi connectivity index (χ0) is 14.6. The minimum atomic E-state index is -0.884. The fourth-order valence-electron chi connectivity index (χ4n) is 2.04. The smallest absolute Gasteiger partial charge is 0.317 e. The van der Waals surface area contributed by atoms with Crippen molar-refractivity contribution in [1.82, 2.24) is 4.90 Å². The summed E-state index contributed by atoms with van der Waals surface area (Å²) in [6.07, 6.45) is 0. The van der Waals surface area contributed by atoms with Crippen LogP contribution in [-0.4, -0.2) is 29.1 Å². The maximum Gasteiger partial charge on any atom is 0.317 e. The summed E-state index contributed by atoms with van der Waals surface area (Å²) < 4.78 is 13.0. The summed E-state index contributed by atoms with van der Waals surface area (Å²) >= 11 is 6.03. The van der Waals surface area contributed by atoms with Gasteiger partial charge in [0, 0.05) is 17.6 Å². The predicted octanol–water partition coefficient (Wildman–Crippen LogP) is 3.58. The molecule has 1 aromatic rings. The van der Waals surface area contributed by atoms with E-state index in [9.17, 15) is 9.18 Å². The van der Waals surface area contributed by atoms with Crippen molar-refractivity contribution in [2.24, 2.45) is 5.92 Å². The second-order valence-electron chi connectivity index (χ2n) is 5.06. The zero-order valence-corrected chi connectivity index (χ0v) is 12.1. The van der Waals surface area contributed by atoms with E-state index in [1.165, 1.54) is 12.1 Å². The summed E-state index contributed by atoms with van der Waals surface area (Å²) in [5, 5.41) is 9.30. The average molecular weight is 288 g/mol. The molecule has 0 saturated heterocycles. The Morgan fingerprint density at radius 1 is 1.42 bits per heavy atom. The van der Waals surface area contributed by atoms with E-state index in [4.69, 9.17) is 16.7 Å². The van der Waals surface area contributed by atoms with Crippen LogP contribution in [0.4, 0.5) is 4.39 Å². The van der Waals surface area contributed by atoms with Crippen molar-refractivity contribution in [3.63, 3.8) is 0 Å². The van der Waals surface area contributed by atoms with E-state index in [0.717, 1.165) is 5.56 Å². The highest BCUT2D eigenvalue weighted by atomic mass is 35.5. The first-order valence-electron chi connectivity index (χ1n) is 6.22. The topological polar surface area (TPSA) is 40.5 Å². The molecule has 0 aliphatic rings. The molecule has 1 atom stereocenters. The van der Waals surface area contributed by atoms with Crippen molar-refractivity contribution in [2.45, 2.75) is 26.8 Å². The van der Waals surface area contributed by atoms with Crippen LogP contribution in [0.15, 0.2) is 18.2 Å². The molecule has 0 fully saturated rings. The van der Waals surface area contributed by atoms with E-state index in [0.29, 0.717) is 17.5 Å². The number of hydrogen-bond acceptors (Lipinski definition) is 2. The molecule has 106 valence electrons. The van der Waals surface area contributed by atoms with Crippen LogP contribution >= 0.6 is 11.6 Å². The first kappa shape index (κ1) is 15.9. The third-order valence-corrected chi connectivity index (χ3v) is 3.23. The molecule has 1 unspecified atom stereocenters. The maximum atomic E-state index is 13.0. The lowest BCUT2D eigenvalue weighted by atomic mass is 10.0. The number of carboxylic acid groups (broad SMARTS) is 1.